The minimum atomic E-state index is -2.10. The average Bonchev–Trinajstić information content (AvgIpc) is 4.23. The number of hydrogen-bond donors (Lipinski definition) is 17. The molecule has 478 valence electrons. The van der Waals surface area contributed by atoms with Crippen LogP contribution in [0.3, 0.4) is 0 Å². The van der Waals surface area contributed by atoms with E-state index in [-0.39, 0.29) is 76.6 Å². The van der Waals surface area contributed by atoms with Crippen molar-refractivity contribution >= 4 is 41.4 Å². The third kappa shape index (κ3) is 19.3. The Morgan fingerprint density at radius 3 is 1.76 bits per heavy atom. The smallest absolute Gasteiger partial charge is 0.315 e. The van der Waals surface area contributed by atoms with Crippen LogP contribution in [0.25, 0.3) is 0 Å². The normalized spacial score (nSPS) is 37.9. The Balaban J connectivity index is 0.902. The van der Waals surface area contributed by atoms with Crippen LogP contribution in [-0.2, 0) is 71.3 Å². The predicted octanol–water partition coefficient (Wildman–Crippen LogP) is -9.04. The maximum Gasteiger partial charge on any atom is 0.315 e. The quantitative estimate of drug-likeness (QED) is 0.0214. The topological polar surface area (TPSA) is 482 Å². The second kappa shape index (κ2) is 34.2. The van der Waals surface area contributed by atoms with Gasteiger partial charge in [0.2, 0.25) is 23.6 Å². The van der Waals surface area contributed by atoms with Crippen molar-refractivity contribution in [3.8, 4) is 0 Å². The number of carbonyl (C=O) groups excluding carboxylic acids is 5. The zero-order valence-electron chi connectivity index (χ0n) is 46.1. The summed E-state index contributed by atoms with van der Waals surface area (Å²) in [6.07, 6.45) is -28.8. The fourth-order valence-electron chi connectivity index (χ4n) is 10.3. The molecule has 6 heterocycles. The number of carbonyl (C=O) groups is 5. The van der Waals surface area contributed by atoms with Crippen molar-refractivity contribution in [2.45, 2.75) is 186 Å². The summed E-state index contributed by atoms with van der Waals surface area (Å²) in [5.74, 6) is -1.03. The number of nitrogens with one attached hydrogen (secondary N) is 6. The van der Waals surface area contributed by atoms with Crippen LogP contribution in [0.4, 0.5) is 4.79 Å². The van der Waals surface area contributed by atoms with Gasteiger partial charge < -0.3 is 140 Å². The summed E-state index contributed by atoms with van der Waals surface area (Å²) in [5.41, 5.74) is 0. The third-order valence-electron chi connectivity index (χ3n) is 14.5. The van der Waals surface area contributed by atoms with Gasteiger partial charge in [0.25, 0.3) is 0 Å². The molecule has 83 heavy (non-hydrogen) atoms. The van der Waals surface area contributed by atoms with Crippen LogP contribution in [0, 0.1) is 0 Å². The molecule has 6 aliphatic heterocycles. The van der Waals surface area contributed by atoms with Crippen LogP contribution in [0.5, 0.6) is 0 Å². The molecule has 0 radical (unpaired) electrons. The minimum absolute atomic E-state index is 0.0489. The molecule has 17 N–H and O–H groups in total. The maximum atomic E-state index is 12.6. The lowest BCUT2D eigenvalue weighted by atomic mass is 9.94. The molecule has 6 rings (SSSR count). The summed E-state index contributed by atoms with van der Waals surface area (Å²) in [5, 5.41) is 135. The Hall–Kier alpha value is -3.38. The van der Waals surface area contributed by atoms with Gasteiger partial charge in [0.1, 0.15) is 104 Å². The van der Waals surface area contributed by atoms with Gasteiger partial charge in [0, 0.05) is 44.4 Å². The van der Waals surface area contributed by atoms with Gasteiger partial charge in [0.05, 0.1) is 78.2 Å². The molecule has 0 saturated carbocycles. The van der Waals surface area contributed by atoms with Gasteiger partial charge in [-0.25, -0.2) is 4.79 Å². The van der Waals surface area contributed by atoms with Gasteiger partial charge in [0.15, 0.2) is 25.2 Å². The van der Waals surface area contributed by atoms with Gasteiger partial charge in [-0.1, -0.05) is 6.42 Å². The maximum absolute atomic E-state index is 12.6. The number of unbranched alkanes of at least 4 members (excludes halogenated alkanes) is 1. The number of urea groups is 1. The molecule has 6 saturated heterocycles. The van der Waals surface area contributed by atoms with Gasteiger partial charge in [-0.3, -0.25) is 19.2 Å². The fraction of sp³-hybridized carbons (Fsp3) is 0.898. The third-order valence-corrected chi connectivity index (χ3v) is 16.1. The number of hydrogen-bond acceptors (Lipinski definition) is 28. The zero-order valence-corrected chi connectivity index (χ0v) is 46.9. The van der Waals surface area contributed by atoms with Crippen molar-refractivity contribution in [1.82, 2.24) is 31.9 Å². The number of aliphatic hydroxyl groups is 11. The summed E-state index contributed by atoms with van der Waals surface area (Å²) < 4.78 is 62.9. The number of rotatable bonds is 33. The molecule has 23 unspecified atom stereocenters. The molecule has 0 aromatic rings. The molecule has 0 bridgehead atoms. The van der Waals surface area contributed by atoms with E-state index in [0.717, 1.165) is 38.9 Å². The average molecular weight is 1220 g/mol. The van der Waals surface area contributed by atoms with Gasteiger partial charge >= 0.3 is 6.03 Å². The monoisotopic (exact) mass is 1220 g/mol. The molecule has 34 heteroatoms. The first kappa shape index (κ1) is 68.7. The Kier molecular flexibility index (Phi) is 28.4. The molecular weight excluding hydrogens is 1140 g/mol. The number of amides is 6. The van der Waals surface area contributed by atoms with Crippen LogP contribution in [0.1, 0.15) is 46.0 Å². The van der Waals surface area contributed by atoms with Crippen molar-refractivity contribution < 1.29 is 132 Å². The largest absolute Gasteiger partial charge is 0.394 e. The lowest BCUT2D eigenvalue weighted by Crippen LogP contribution is -2.70. The fourth-order valence-corrected chi connectivity index (χ4v) is 11.8. The highest BCUT2D eigenvalue weighted by Crippen LogP contribution is 2.36. The standard InChI is InChI=1S/C49H84N6O27S/c1-22(60)52-33-38(67)42(80-48-41(70)44(37(66)27(18-58)78-48)82-46-34(53-23(2)61)43(36(65)26(17-57)76-46)81-47-40(69)39(68)35(64)25(16-56)77-47)28(19-59)79-45(33)75-10-5-8-50-31(63)20-74-15-14-73-13-12-72-11-9-51-30(62)7-4-3-6-29-32-24(21-83-29)54-49(71)55-32/h24-29,32-48,56-59,64-70H,3-21H2,1-2H3,(H,50,63)(H,51,62)(H,52,60)(H,53,61)(H2,54,55,71). The van der Waals surface area contributed by atoms with Crippen LogP contribution < -0.4 is 31.9 Å². The lowest BCUT2D eigenvalue weighted by molar-refractivity contribution is -0.377. The van der Waals surface area contributed by atoms with E-state index < -0.39 is 167 Å². The Morgan fingerprint density at radius 2 is 1.10 bits per heavy atom. The molecule has 0 aromatic heterocycles. The van der Waals surface area contributed by atoms with E-state index in [0.29, 0.717) is 24.8 Å². The van der Waals surface area contributed by atoms with Gasteiger partial charge in [-0.05, 0) is 19.3 Å². The molecule has 6 amide bonds. The lowest BCUT2D eigenvalue weighted by Gasteiger charge is -2.50. The van der Waals surface area contributed by atoms with Gasteiger partial charge in [-0.15, -0.1) is 0 Å². The van der Waals surface area contributed by atoms with E-state index in [1.807, 2.05) is 11.8 Å². The first-order valence-electron chi connectivity index (χ1n) is 27.7. The van der Waals surface area contributed by atoms with Gasteiger partial charge in [-0.2, -0.15) is 11.8 Å². The summed E-state index contributed by atoms with van der Waals surface area (Å²) in [4.78, 5) is 61.1. The van der Waals surface area contributed by atoms with E-state index in [4.69, 9.17) is 52.1 Å². The zero-order chi connectivity index (χ0) is 60.3. The summed E-state index contributed by atoms with van der Waals surface area (Å²) in [6, 6.07) is -2.83. The highest BCUT2D eigenvalue weighted by Gasteiger charge is 2.56. The molecule has 0 aromatic carbocycles. The Morgan fingerprint density at radius 1 is 0.542 bits per heavy atom. The van der Waals surface area contributed by atoms with E-state index in [1.165, 1.54) is 0 Å². The van der Waals surface area contributed by atoms with Crippen LogP contribution >= 0.6 is 11.8 Å². The van der Waals surface area contributed by atoms with Crippen LogP contribution in [-0.4, -0.2) is 317 Å². The summed E-state index contributed by atoms with van der Waals surface area (Å²) in [7, 11) is 0. The van der Waals surface area contributed by atoms with Crippen molar-refractivity contribution in [3.05, 3.63) is 0 Å². The summed E-state index contributed by atoms with van der Waals surface area (Å²) >= 11 is 1.85. The first-order valence-corrected chi connectivity index (χ1v) is 28.7. The highest BCUT2D eigenvalue weighted by atomic mass is 32.2. The SMILES string of the molecule is CC(=O)NC1C(OCCCNC(=O)COCCOCCOCCNC(=O)CCCCC2SCC3NC(=O)NC32)OC(CO)C(OC2OC(CO)C(O)C(OC3OC(CO)C(O)C(OC4OC(CO)C(O)C(O)C4O)C3NC(C)=O)C2O)C1O. The Bertz CT molecular complexity index is 2020. The molecular formula is C49H84N6O27S. The van der Waals surface area contributed by atoms with E-state index in [2.05, 4.69) is 31.9 Å². The number of ether oxygens (including phenoxy) is 11. The number of aliphatic hydroxyl groups excluding tert-OH is 11. The van der Waals surface area contributed by atoms with Crippen molar-refractivity contribution in [3.63, 3.8) is 0 Å². The molecule has 33 nitrogen and oxygen atoms in total. The highest BCUT2D eigenvalue weighted by molar-refractivity contribution is 8.00. The molecule has 0 spiro atoms. The van der Waals surface area contributed by atoms with Crippen molar-refractivity contribution in [1.29, 1.82) is 0 Å². The van der Waals surface area contributed by atoms with Crippen molar-refractivity contribution in [2.75, 3.05) is 91.5 Å². The molecule has 23 atom stereocenters. The second-order valence-corrected chi connectivity index (χ2v) is 21.9. The number of thioether (sulfide) groups is 1. The van der Waals surface area contributed by atoms with E-state index in [1.54, 1.807) is 0 Å². The molecule has 6 fully saturated rings. The number of fused-ring (bicyclic) bond motifs is 1. The Labute approximate surface area is 481 Å². The molecule has 0 aliphatic carbocycles. The summed E-state index contributed by atoms with van der Waals surface area (Å²) in [6.45, 7) is -0.103. The predicted molar refractivity (Wildman–Crippen MR) is 278 cm³/mol. The van der Waals surface area contributed by atoms with E-state index in [9.17, 15) is 80.1 Å². The van der Waals surface area contributed by atoms with Crippen LogP contribution in [0.2, 0.25) is 0 Å². The van der Waals surface area contributed by atoms with Crippen LogP contribution in [0.15, 0.2) is 0 Å². The van der Waals surface area contributed by atoms with E-state index >= 15 is 0 Å². The molecule has 6 aliphatic rings. The minimum Gasteiger partial charge on any atom is -0.394 e. The second-order valence-electron chi connectivity index (χ2n) is 20.7. The first-order chi connectivity index (χ1) is 39.8. The van der Waals surface area contributed by atoms with Crippen molar-refractivity contribution in [2.24, 2.45) is 0 Å².